The fourth-order valence-electron chi connectivity index (χ4n) is 1.68. The van der Waals surface area contributed by atoms with Crippen molar-refractivity contribution in [3.05, 3.63) is 29.8 Å². The molecule has 0 atom stereocenters. The predicted molar refractivity (Wildman–Crippen MR) is 67.5 cm³/mol. The molecule has 0 aliphatic heterocycles. The zero-order chi connectivity index (χ0) is 15.6. The largest absolute Gasteiger partial charge is 0.417 e. The molecule has 0 spiro atoms. The predicted octanol–water partition coefficient (Wildman–Crippen LogP) is 2.14. The highest BCUT2D eigenvalue weighted by atomic mass is 32.2. The van der Waals surface area contributed by atoms with Crippen LogP contribution in [0.5, 0.6) is 0 Å². The first kappa shape index (κ1) is 16.9. The quantitative estimate of drug-likeness (QED) is 0.875. The van der Waals surface area contributed by atoms with Gasteiger partial charge in [-0.05, 0) is 32.4 Å². The van der Waals surface area contributed by atoms with Crippen LogP contribution in [0, 0.1) is 0 Å². The molecule has 8 heteroatoms. The summed E-state index contributed by atoms with van der Waals surface area (Å²) in [7, 11) is -4.34. The van der Waals surface area contributed by atoms with Crippen molar-refractivity contribution >= 4 is 10.0 Å². The number of rotatable bonds is 5. The van der Waals surface area contributed by atoms with Crippen LogP contribution in [0.3, 0.4) is 0 Å². The van der Waals surface area contributed by atoms with Gasteiger partial charge in [-0.2, -0.15) is 13.2 Å². The highest BCUT2D eigenvalue weighted by molar-refractivity contribution is 7.89. The lowest BCUT2D eigenvalue weighted by Gasteiger charge is -2.25. The maximum atomic E-state index is 12.8. The Morgan fingerprint density at radius 1 is 1.20 bits per heavy atom. The van der Waals surface area contributed by atoms with Crippen LogP contribution in [0.25, 0.3) is 0 Å². The molecule has 0 heterocycles. The maximum absolute atomic E-state index is 12.8. The smallest absolute Gasteiger partial charge is 0.396 e. The second-order valence-corrected chi connectivity index (χ2v) is 6.61. The van der Waals surface area contributed by atoms with E-state index >= 15 is 0 Å². The minimum absolute atomic E-state index is 0.0837. The third-order valence-corrected chi connectivity index (χ3v) is 4.39. The van der Waals surface area contributed by atoms with Crippen molar-refractivity contribution in [1.82, 2.24) is 4.72 Å². The third kappa shape index (κ3) is 4.19. The van der Waals surface area contributed by atoms with Gasteiger partial charge in [-0.3, -0.25) is 0 Å². The lowest BCUT2D eigenvalue weighted by Crippen LogP contribution is -2.44. The van der Waals surface area contributed by atoms with Crippen molar-refractivity contribution in [1.29, 1.82) is 0 Å². The van der Waals surface area contributed by atoms with Crippen LogP contribution in [-0.2, 0) is 16.2 Å². The number of aliphatic hydroxyl groups is 1. The Morgan fingerprint density at radius 2 is 1.75 bits per heavy atom. The molecule has 0 saturated carbocycles. The average Bonchev–Trinajstić information content (AvgIpc) is 2.26. The van der Waals surface area contributed by atoms with Gasteiger partial charge in [0.1, 0.15) is 0 Å². The molecule has 1 aromatic rings. The van der Waals surface area contributed by atoms with Gasteiger partial charge < -0.3 is 5.11 Å². The van der Waals surface area contributed by atoms with E-state index in [0.717, 1.165) is 12.1 Å². The lowest BCUT2D eigenvalue weighted by atomic mass is 10.0. The van der Waals surface area contributed by atoms with Crippen LogP contribution in [0.15, 0.2) is 29.2 Å². The molecule has 114 valence electrons. The second-order valence-electron chi connectivity index (χ2n) is 4.96. The number of halogens is 3. The zero-order valence-electron chi connectivity index (χ0n) is 11.0. The van der Waals surface area contributed by atoms with E-state index in [1.54, 1.807) is 0 Å². The summed E-state index contributed by atoms with van der Waals surface area (Å²) in [5.74, 6) is 0. The molecule has 0 unspecified atom stereocenters. The first-order chi connectivity index (χ1) is 8.99. The average molecular weight is 311 g/mol. The highest BCUT2D eigenvalue weighted by Crippen LogP contribution is 2.34. The number of hydrogen-bond donors (Lipinski definition) is 2. The van der Waals surface area contributed by atoms with Crippen LogP contribution in [-0.4, -0.2) is 25.7 Å². The van der Waals surface area contributed by atoms with Gasteiger partial charge in [-0.25, -0.2) is 13.1 Å². The summed E-state index contributed by atoms with van der Waals surface area (Å²) in [5, 5.41) is 8.84. The molecule has 0 fully saturated rings. The summed E-state index contributed by atoms with van der Waals surface area (Å²) in [6, 6.07) is 3.97. The van der Waals surface area contributed by atoms with Gasteiger partial charge >= 0.3 is 6.18 Å². The molecule has 0 radical (unpaired) electrons. The van der Waals surface area contributed by atoms with E-state index in [0.29, 0.717) is 6.07 Å². The van der Waals surface area contributed by atoms with Crippen LogP contribution in [0.1, 0.15) is 25.8 Å². The molecule has 0 saturated heterocycles. The summed E-state index contributed by atoms with van der Waals surface area (Å²) >= 11 is 0. The fourth-order valence-corrected chi connectivity index (χ4v) is 3.35. The van der Waals surface area contributed by atoms with Gasteiger partial charge in [0.25, 0.3) is 0 Å². The molecular weight excluding hydrogens is 295 g/mol. The van der Waals surface area contributed by atoms with Crippen molar-refractivity contribution in [2.75, 3.05) is 6.61 Å². The van der Waals surface area contributed by atoms with E-state index in [1.807, 2.05) is 0 Å². The first-order valence-corrected chi connectivity index (χ1v) is 7.29. The van der Waals surface area contributed by atoms with Crippen LogP contribution in [0.2, 0.25) is 0 Å². The second kappa shape index (κ2) is 5.71. The number of sulfonamides is 1. The monoisotopic (exact) mass is 311 g/mol. The molecule has 20 heavy (non-hydrogen) atoms. The molecule has 1 rings (SSSR count). The molecule has 0 bridgehead atoms. The van der Waals surface area contributed by atoms with E-state index in [2.05, 4.69) is 4.72 Å². The van der Waals surface area contributed by atoms with Crippen molar-refractivity contribution in [3.8, 4) is 0 Å². The fraction of sp³-hybridized carbons (Fsp3) is 0.500. The van der Waals surface area contributed by atoms with Crippen molar-refractivity contribution in [2.24, 2.45) is 0 Å². The Hall–Kier alpha value is -1.12. The van der Waals surface area contributed by atoms with Crippen molar-refractivity contribution in [3.63, 3.8) is 0 Å². The van der Waals surface area contributed by atoms with E-state index in [9.17, 15) is 21.6 Å². The van der Waals surface area contributed by atoms with Crippen molar-refractivity contribution < 1.29 is 26.7 Å². The van der Waals surface area contributed by atoms with Gasteiger partial charge in [0, 0.05) is 12.1 Å². The molecule has 4 nitrogen and oxygen atoms in total. The van der Waals surface area contributed by atoms with E-state index in [-0.39, 0.29) is 13.0 Å². The van der Waals surface area contributed by atoms with Crippen LogP contribution < -0.4 is 4.72 Å². The summed E-state index contributed by atoms with van der Waals surface area (Å²) in [4.78, 5) is -0.821. The topological polar surface area (TPSA) is 66.4 Å². The Morgan fingerprint density at radius 3 is 2.25 bits per heavy atom. The number of nitrogens with one attached hydrogen (secondary N) is 1. The zero-order valence-corrected chi connectivity index (χ0v) is 11.8. The Kier molecular flexibility index (Phi) is 4.83. The number of aliphatic hydroxyl groups excluding tert-OH is 1. The molecular formula is C12H16F3NO3S. The Labute approximate surface area is 115 Å². The molecule has 1 aromatic carbocycles. The molecule has 0 aliphatic rings. The van der Waals surface area contributed by atoms with E-state index in [1.165, 1.54) is 19.9 Å². The SMILES string of the molecule is CC(C)(CCO)NS(=O)(=O)c1ccccc1C(F)(F)F. The number of benzene rings is 1. The summed E-state index contributed by atoms with van der Waals surface area (Å²) in [6.45, 7) is 2.68. The minimum atomic E-state index is -4.76. The third-order valence-electron chi connectivity index (χ3n) is 2.63. The standard InChI is InChI=1S/C12H16F3NO3S/c1-11(2,7-8-17)16-20(18,19)10-6-4-3-5-9(10)12(13,14)15/h3-6,16-17H,7-8H2,1-2H3. The molecule has 0 aromatic heterocycles. The van der Waals surface area contributed by atoms with Gasteiger partial charge in [0.2, 0.25) is 10.0 Å². The lowest BCUT2D eigenvalue weighted by molar-refractivity contribution is -0.139. The number of alkyl halides is 3. The van der Waals surface area contributed by atoms with Gasteiger partial charge in [0.15, 0.2) is 0 Å². The first-order valence-electron chi connectivity index (χ1n) is 5.81. The Balaban J connectivity index is 3.24. The highest BCUT2D eigenvalue weighted by Gasteiger charge is 2.38. The van der Waals surface area contributed by atoms with Gasteiger partial charge in [0.05, 0.1) is 10.5 Å². The summed E-state index contributed by atoms with van der Waals surface area (Å²) < 4.78 is 64.9. The minimum Gasteiger partial charge on any atom is -0.396 e. The summed E-state index contributed by atoms with van der Waals surface area (Å²) in [6.07, 6.45) is -4.67. The normalized spacial score (nSPS) is 13.5. The maximum Gasteiger partial charge on any atom is 0.417 e. The van der Waals surface area contributed by atoms with Crippen LogP contribution in [0.4, 0.5) is 13.2 Å². The molecule has 0 aliphatic carbocycles. The molecule has 0 amide bonds. The van der Waals surface area contributed by atoms with E-state index < -0.39 is 32.2 Å². The van der Waals surface area contributed by atoms with Crippen molar-refractivity contribution in [2.45, 2.75) is 36.9 Å². The van der Waals surface area contributed by atoms with Gasteiger partial charge in [-0.15, -0.1) is 0 Å². The number of hydrogen-bond acceptors (Lipinski definition) is 3. The molecule has 2 N–H and O–H groups in total. The Bertz CT molecular complexity index is 568. The van der Waals surface area contributed by atoms with E-state index in [4.69, 9.17) is 5.11 Å². The summed E-state index contributed by atoms with van der Waals surface area (Å²) in [5.41, 5.74) is -2.26. The van der Waals surface area contributed by atoms with Gasteiger partial charge in [-0.1, -0.05) is 12.1 Å². The van der Waals surface area contributed by atoms with Crippen LogP contribution >= 0.6 is 0 Å².